The van der Waals surface area contributed by atoms with Gasteiger partial charge in [0.15, 0.2) is 0 Å². The van der Waals surface area contributed by atoms with Crippen molar-refractivity contribution in [1.29, 1.82) is 0 Å². The summed E-state index contributed by atoms with van der Waals surface area (Å²) in [7, 11) is 0. The Balaban J connectivity index is 1.37. The van der Waals surface area contributed by atoms with Gasteiger partial charge in [-0.05, 0) is 48.9 Å². The number of halogens is 1. The molecule has 5 rings (SSSR count). The SMILES string of the molecule is CCOC(=O)c1ccc(NC(=O)CN2C(=O)/C(=C3\SC(=S)N(Cc4ccccc4Cl)C3=O)c3ccccc32)cc1. The molecule has 3 aromatic carbocycles. The predicted octanol–water partition coefficient (Wildman–Crippen LogP) is 5.27. The number of carbonyl (C=O) groups is 4. The molecule has 2 heterocycles. The van der Waals surface area contributed by atoms with Crippen molar-refractivity contribution in [3.8, 4) is 0 Å². The molecule has 202 valence electrons. The Morgan fingerprint density at radius 2 is 1.65 bits per heavy atom. The van der Waals surface area contributed by atoms with Crippen LogP contribution in [0.15, 0.2) is 77.7 Å². The van der Waals surface area contributed by atoms with Crippen molar-refractivity contribution in [3.63, 3.8) is 0 Å². The molecular formula is C29H22ClN3O5S2. The van der Waals surface area contributed by atoms with Gasteiger partial charge in [0.05, 0.1) is 34.9 Å². The van der Waals surface area contributed by atoms with Gasteiger partial charge in [0, 0.05) is 16.3 Å². The third kappa shape index (κ3) is 5.38. The third-order valence-electron chi connectivity index (χ3n) is 6.27. The Labute approximate surface area is 244 Å². The van der Waals surface area contributed by atoms with Crippen molar-refractivity contribution < 1.29 is 23.9 Å². The minimum Gasteiger partial charge on any atom is -0.462 e. The Morgan fingerprint density at radius 1 is 0.950 bits per heavy atom. The fourth-order valence-corrected chi connectivity index (χ4v) is 5.91. The first-order valence-corrected chi connectivity index (χ1v) is 13.9. The zero-order valence-corrected chi connectivity index (χ0v) is 23.6. The molecule has 2 aliphatic heterocycles. The highest BCUT2D eigenvalue weighted by Crippen LogP contribution is 2.45. The molecule has 0 aromatic heterocycles. The van der Waals surface area contributed by atoms with E-state index in [0.717, 1.165) is 17.3 Å². The summed E-state index contributed by atoms with van der Waals surface area (Å²) in [5, 5.41) is 3.26. The second-order valence-corrected chi connectivity index (χ2v) is 10.9. The zero-order chi connectivity index (χ0) is 28.4. The number of nitrogens with zero attached hydrogens (tertiary/aromatic N) is 2. The number of ether oxygens (including phenoxy) is 1. The van der Waals surface area contributed by atoms with E-state index in [-0.39, 0.29) is 36.1 Å². The summed E-state index contributed by atoms with van der Waals surface area (Å²) in [6, 6.07) is 20.4. The number of hydrogen-bond acceptors (Lipinski definition) is 7. The summed E-state index contributed by atoms with van der Waals surface area (Å²) in [6.45, 7) is 1.88. The van der Waals surface area contributed by atoms with Crippen molar-refractivity contribution in [2.75, 3.05) is 23.4 Å². The highest BCUT2D eigenvalue weighted by molar-refractivity contribution is 8.26. The lowest BCUT2D eigenvalue weighted by molar-refractivity contribution is -0.122. The van der Waals surface area contributed by atoms with Gasteiger partial charge in [-0.3, -0.25) is 24.2 Å². The van der Waals surface area contributed by atoms with Crippen molar-refractivity contribution in [2.24, 2.45) is 0 Å². The van der Waals surface area contributed by atoms with Crippen LogP contribution in [0.4, 0.5) is 11.4 Å². The van der Waals surface area contributed by atoms with Gasteiger partial charge >= 0.3 is 5.97 Å². The minimum absolute atomic E-state index is 0.179. The van der Waals surface area contributed by atoms with E-state index in [4.69, 9.17) is 28.6 Å². The quantitative estimate of drug-likeness (QED) is 0.227. The average Bonchev–Trinajstić information content (AvgIpc) is 3.37. The van der Waals surface area contributed by atoms with Crippen molar-refractivity contribution in [3.05, 3.63) is 99.4 Å². The predicted molar refractivity (Wildman–Crippen MR) is 159 cm³/mol. The molecule has 11 heteroatoms. The van der Waals surface area contributed by atoms with Crippen LogP contribution in [0.3, 0.4) is 0 Å². The van der Waals surface area contributed by atoms with Crippen LogP contribution in [0.1, 0.15) is 28.4 Å². The van der Waals surface area contributed by atoms with Gasteiger partial charge < -0.3 is 10.1 Å². The summed E-state index contributed by atoms with van der Waals surface area (Å²) in [6.07, 6.45) is 0. The number of nitrogens with one attached hydrogen (secondary N) is 1. The van der Waals surface area contributed by atoms with Crippen molar-refractivity contribution >= 4 is 80.5 Å². The molecule has 0 atom stereocenters. The van der Waals surface area contributed by atoms with Gasteiger partial charge in [-0.1, -0.05) is 72.0 Å². The third-order valence-corrected chi connectivity index (χ3v) is 8.08. The molecule has 0 saturated carbocycles. The van der Waals surface area contributed by atoms with Crippen molar-refractivity contribution in [1.82, 2.24) is 4.90 Å². The van der Waals surface area contributed by atoms with E-state index < -0.39 is 17.8 Å². The number of thioether (sulfide) groups is 1. The van der Waals surface area contributed by atoms with Crippen LogP contribution in [0.5, 0.6) is 0 Å². The highest BCUT2D eigenvalue weighted by Gasteiger charge is 2.42. The van der Waals surface area contributed by atoms with E-state index in [1.165, 1.54) is 9.80 Å². The molecule has 1 N–H and O–H groups in total. The van der Waals surface area contributed by atoms with Crippen molar-refractivity contribution in [2.45, 2.75) is 13.5 Å². The fourth-order valence-electron chi connectivity index (χ4n) is 4.39. The maximum absolute atomic E-state index is 13.7. The number of anilines is 2. The van der Waals surface area contributed by atoms with Crippen LogP contribution in [-0.4, -0.2) is 46.1 Å². The molecule has 0 spiro atoms. The summed E-state index contributed by atoms with van der Waals surface area (Å²) in [5.41, 5.74) is 2.84. The van der Waals surface area contributed by atoms with E-state index in [0.29, 0.717) is 31.8 Å². The molecule has 1 saturated heterocycles. The Morgan fingerprint density at radius 3 is 2.38 bits per heavy atom. The normalized spacial score (nSPS) is 16.4. The Bertz CT molecular complexity index is 1590. The number of carbonyl (C=O) groups excluding carboxylic acids is 4. The summed E-state index contributed by atoms with van der Waals surface area (Å²) >= 11 is 12.8. The van der Waals surface area contributed by atoms with Crippen LogP contribution in [0, 0.1) is 0 Å². The number of amides is 3. The first-order chi connectivity index (χ1) is 19.3. The number of para-hydroxylation sites is 1. The van der Waals surface area contributed by atoms with Gasteiger partial charge in [0.25, 0.3) is 11.8 Å². The number of benzene rings is 3. The largest absolute Gasteiger partial charge is 0.462 e. The lowest BCUT2D eigenvalue weighted by Gasteiger charge is -2.17. The summed E-state index contributed by atoms with van der Waals surface area (Å²) < 4.78 is 5.29. The van der Waals surface area contributed by atoms with Gasteiger partial charge in [-0.2, -0.15) is 0 Å². The van der Waals surface area contributed by atoms with Crippen LogP contribution < -0.4 is 10.2 Å². The molecule has 3 aromatic rings. The maximum atomic E-state index is 13.7. The van der Waals surface area contributed by atoms with E-state index in [2.05, 4.69) is 5.32 Å². The van der Waals surface area contributed by atoms with Crippen LogP contribution in [0.2, 0.25) is 5.02 Å². The van der Waals surface area contributed by atoms with E-state index >= 15 is 0 Å². The lowest BCUT2D eigenvalue weighted by Crippen LogP contribution is -2.35. The van der Waals surface area contributed by atoms with Gasteiger partial charge in [-0.25, -0.2) is 4.79 Å². The minimum atomic E-state index is -0.466. The van der Waals surface area contributed by atoms with Gasteiger partial charge in [0.1, 0.15) is 10.9 Å². The molecule has 0 aliphatic carbocycles. The molecule has 40 heavy (non-hydrogen) atoms. The number of fused-ring (bicyclic) bond motifs is 1. The standard InChI is InChI=1S/C29H22ClN3O5S2/c1-2-38-28(37)17-11-13-19(14-12-17)31-23(34)16-32-22-10-6-4-8-20(22)24(26(32)35)25-27(36)33(29(39)40-25)15-18-7-3-5-9-21(18)30/h3-14H,2,15-16H2,1H3,(H,31,34)/b25-24-. The first kappa shape index (κ1) is 27.6. The molecule has 8 nitrogen and oxygen atoms in total. The Hall–Kier alpha value is -3.99. The van der Waals surface area contributed by atoms with E-state index in [9.17, 15) is 19.2 Å². The number of hydrogen-bond donors (Lipinski definition) is 1. The Kier molecular flexibility index (Phi) is 8.02. The van der Waals surface area contributed by atoms with Gasteiger partial charge in [-0.15, -0.1) is 0 Å². The zero-order valence-electron chi connectivity index (χ0n) is 21.2. The monoisotopic (exact) mass is 591 g/mol. The number of rotatable bonds is 7. The van der Waals surface area contributed by atoms with Gasteiger partial charge in [0.2, 0.25) is 5.91 Å². The lowest BCUT2D eigenvalue weighted by atomic mass is 10.1. The van der Waals surface area contributed by atoms with Crippen LogP contribution in [-0.2, 0) is 25.7 Å². The fraction of sp³-hybridized carbons (Fsp3) is 0.138. The topological polar surface area (TPSA) is 96.0 Å². The first-order valence-electron chi connectivity index (χ1n) is 12.3. The molecule has 2 aliphatic rings. The molecule has 0 unspecified atom stereocenters. The van der Waals surface area contributed by atoms with E-state index in [1.54, 1.807) is 67.6 Å². The summed E-state index contributed by atoms with van der Waals surface area (Å²) in [5.74, 6) is -1.75. The van der Waals surface area contributed by atoms with Crippen LogP contribution >= 0.6 is 35.6 Å². The van der Waals surface area contributed by atoms with E-state index in [1.807, 2.05) is 12.1 Å². The molecular weight excluding hydrogens is 570 g/mol. The summed E-state index contributed by atoms with van der Waals surface area (Å²) in [4.78, 5) is 55.0. The second kappa shape index (κ2) is 11.6. The molecule has 1 fully saturated rings. The van der Waals surface area contributed by atoms with Crippen LogP contribution in [0.25, 0.3) is 5.57 Å². The maximum Gasteiger partial charge on any atom is 0.338 e. The average molecular weight is 592 g/mol. The number of thiocarbonyl (C=S) groups is 1. The molecule has 0 radical (unpaired) electrons. The smallest absolute Gasteiger partial charge is 0.338 e. The highest BCUT2D eigenvalue weighted by atomic mass is 35.5. The molecule has 3 amide bonds. The second-order valence-electron chi connectivity index (χ2n) is 8.81. The number of esters is 1. The molecule has 0 bridgehead atoms.